The van der Waals surface area contributed by atoms with Crippen molar-refractivity contribution in [3.05, 3.63) is 41.5 Å². The number of morpholine rings is 1. The van der Waals surface area contributed by atoms with Gasteiger partial charge in [0, 0.05) is 38.7 Å². The van der Waals surface area contributed by atoms with Gasteiger partial charge in [-0.25, -0.2) is 4.99 Å². The van der Waals surface area contributed by atoms with Gasteiger partial charge in [0.2, 0.25) is 0 Å². The minimum absolute atomic E-state index is 0. The third-order valence-electron chi connectivity index (χ3n) is 5.88. The molecule has 1 aromatic heterocycles. The van der Waals surface area contributed by atoms with Crippen LogP contribution in [0.15, 0.2) is 29.3 Å². The number of aliphatic imine (C=N–C) groups is 1. The predicted molar refractivity (Wildman–Crippen MR) is 135 cm³/mol. The number of nitrogens with zero attached hydrogens (tertiary/aromatic N) is 5. The minimum atomic E-state index is 0. The van der Waals surface area contributed by atoms with Gasteiger partial charge in [0.05, 0.1) is 25.9 Å². The molecule has 2 aromatic rings. The van der Waals surface area contributed by atoms with Crippen molar-refractivity contribution in [1.29, 1.82) is 0 Å². The Morgan fingerprint density at radius 3 is 2.78 bits per heavy atom. The van der Waals surface area contributed by atoms with Crippen molar-refractivity contribution < 1.29 is 9.47 Å². The number of nitrogens with one attached hydrogen (secondary N) is 2. The van der Waals surface area contributed by atoms with E-state index in [1.54, 1.807) is 0 Å². The summed E-state index contributed by atoms with van der Waals surface area (Å²) in [4.78, 5) is 7.27. The molecule has 4 rings (SSSR count). The lowest BCUT2D eigenvalue weighted by molar-refractivity contribution is 0.0376. The molecule has 1 saturated heterocycles. The lowest BCUT2D eigenvalue weighted by Gasteiger charge is -2.28. The van der Waals surface area contributed by atoms with Gasteiger partial charge in [0.15, 0.2) is 11.8 Å². The van der Waals surface area contributed by atoms with Crippen LogP contribution >= 0.6 is 24.0 Å². The van der Waals surface area contributed by atoms with Crippen LogP contribution in [-0.2, 0) is 18.3 Å². The van der Waals surface area contributed by atoms with E-state index >= 15 is 0 Å². The summed E-state index contributed by atoms with van der Waals surface area (Å²) in [7, 11) is 1.97. The molecule has 32 heavy (non-hydrogen) atoms. The first-order valence-corrected chi connectivity index (χ1v) is 11.1. The van der Waals surface area contributed by atoms with Crippen LogP contribution in [0.5, 0.6) is 5.75 Å². The second-order valence-corrected chi connectivity index (χ2v) is 7.99. The highest BCUT2D eigenvalue weighted by atomic mass is 127. The number of hydrogen-bond donors (Lipinski definition) is 2. The SMILES string of the molecule is Cc1nnc(CN=C(NCCCN2CCOCC2)NC2CCOc3ccccc32)n1C.I. The van der Waals surface area contributed by atoms with E-state index in [9.17, 15) is 0 Å². The number of halogens is 1. The second kappa shape index (κ2) is 12.4. The van der Waals surface area contributed by atoms with Crippen molar-refractivity contribution in [1.82, 2.24) is 30.3 Å². The molecule has 176 valence electrons. The van der Waals surface area contributed by atoms with Gasteiger partial charge in [-0.1, -0.05) is 18.2 Å². The maximum absolute atomic E-state index is 5.81. The summed E-state index contributed by atoms with van der Waals surface area (Å²) in [5.74, 6) is 3.47. The smallest absolute Gasteiger partial charge is 0.192 e. The van der Waals surface area contributed by atoms with E-state index in [2.05, 4.69) is 37.9 Å². The van der Waals surface area contributed by atoms with Crippen molar-refractivity contribution in [3.8, 4) is 5.75 Å². The van der Waals surface area contributed by atoms with Crippen LogP contribution in [0.3, 0.4) is 0 Å². The highest BCUT2D eigenvalue weighted by molar-refractivity contribution is 14.0. The summed E-state index contributed by atoms with van der Waals surface area (Å²) >= 11 is 0. The Balaban J connectivity index is 0.00000289. The number of aryl methyl sites for hydroxylation is 1. The van der Waals surface area contributed by atoms with Crippen LogP contribution in [0.1, 0.15) is 36.1 Å². The van der Waals surface area contributed by atoms with Crippen LogP contribution in [0.25, 0.3) is 0 Å². The van der Waals surface area contributed by atoms with Gasteiger partial charge in [0.25, 0.3) is 0 Å². The zero-order chi connectivity index (χ0) is 21.5. The molecule has 0 radical (unpaired) electrons. The summed E-state index contributed by atoms with van der Waals surface area (Å²) in [6.07, 6.45) is 1.95. The van der Waals surface area contributed by atoms with E-state index < -0.39 is 0 Å². The Labute approximate surface area is 207 Å². The number of hydrogen-bond acceptors (Lipinski definition) is 6. The van der Waals surface area contributed by atoms with Crippen molar-refractivity contribution >= 4 is 29.9 Å². The topological polar surface area (TPSA) is 88.8 Å². The van der Waals surface area contributed by atoms with Crippen molar-refractivity contribution in [2.45, 2.75) is 32.4 Å². The lowest BCUT2D eigenvalue weighted by Crippen LogP contribution is -2.43. The van der Waals surface area contributed by atoms with Crippen LogP contribution in [-0.4, -0.2) is 71.6 Å². The van der Waals surface area contributed by atoms with Crippen molar-refractivity contribution in [2.75, 3.05) is 46.0 Å². The number of guanidine groups is 1. The molecule has 2 N–H and O–H groups in total. The molecule has 2 aliphatic rings. The molecule has 0 aliphatic carbocycles. The van der Waals surface area contributed by atoms with Gasteiger partial charge in [-0.15, -0.1) is 34.2 Å². The molecule has 0 saturated carbocycles. The predicted octanol–water partition coefficient (Wildman–Crippen LogP) is 2.02. The minimum Gasteiger partial charge on any atom is -0.493 e. The number of para-hydroxylation sites is 1. The average Bonchev–Trinajstić information content (AvgIpc) is 3.13. The highest BCUT2D eigenvalue weighted by Crippen LogP contribution is 2.31. The monoisotopic (exact) mass is 555 g/mol. The molecule has 9 nitrogen and oxygen atoms in total. The zero-order valence-corrected chi connectivity index (χ0v) is 21.2. The first-order chi connectivity index (χ1) is 15.2. The molecule has 1 atom stereocenters. The number of rotatable bonds is 7. The van der Waals surface area contributed by atoms with Gasteiger partial charge >= 0.3 is 0 Å². The summed E-state index contributed by atoms with van der Waals surface area (Å²) in [5, 5.41) is 15.5. The van der Waals surface area contributed by atoms with Crippen LogP contribution in [0.2, 0.25) is 0 Å². The summed E-state index contributed by atoms with van der Waals surface area (Å²) < 4.78 is 13.2. The van der Waals surface area contributed by atoms with Crippen LogP contribution < -0.4 is 15.4 Å². The standard InChI is InChI=1S/C22H33N7O2.HI/c1-17-26-27-21(28(17)2)16-24-22(23-9-5-10-29-11-14-30-15-12-29)25-19-8-13-31-20-7-4-3-6-18(19)20;/h3-4,6-7,19H,5,8-16H2,1-2H3,(H2,23,24,25);1H. The van der Waals surface area contributed by atoms with E-state index in [-0.39, 0.29) is 30.0 Å². The molecule has 0 bridgehead atoms. The van der Waals surface area contributed by atoms with Gasteiger partial charge in [-0.2, -0.15) is 0 Å². The number of ether oxygens (including phenoxy) is 2. The summed E-state index contributed by atoms with van der Waals surface area (Å²) in [5.41, 5.74) is 1.17. The first-order valence-electron chi connectivity index (χ1n) is 11.1. The molecule has 2 aliphatic heterocycles. The Morgan fingerprint density at radius 1 is 1.19 bits per heavy atom. The third kappa shape index (κ3) is 6.55. The Kier molecular flexibility index (Phi) is 9.54. The molecule has 1 fully saturated rings. The average molecular weight is 555 g/mol. The normalized spacial score (nSPS) is 18.9. The number of benzene rings is 1. The Hall–Kier alpha value is -1.92. The Morgan fingerprint density at radius 2 is 2.00 bits per heavy atom. The number of aromatic nitrogens is 3. The van der Waals surface area contributed by atoms with Gasteiger partial charge in [-0.05, 0) is 26.0 Å². The summed E-state index contributed by atoms with van der Waals surface area (Å²) in [6, 6.07) is 8.37. The maximum atomic E-state index is 5.81. The largest absolute Gasteiger partial charge is 0.493 e. The molecule has 1 aromatic carbocycles. The Bertz CT molecular complexity index is 883. The van der Waals surface area contributed by atoms with Crippen molar-refractivity contribution in [3.63, 3.8) is 0 Å². The third-order valence-corrected chi connectivity index (χ3v) is 5.88. The molecular weight excluding hydrogens is 521 g/mol. The zero-order valence-electron chi connectivity index (χ0n) is 18.9. The van der Waals surface area contributed by atoms with E-state index in [0.717, 1.165) is 75.6 Å². The second-order valence-electron chi connectivity index (χ2n) is 7.99. The van der Waals surface area contributed by atoms with E-state index in [1.807, 2.05) is 30.7 Å². The first kappa shape index (κ1) is 24.7. The van der Waals surface area contributed by atoms with Gasteiger partial charge < -0.3 is 24.7 Å². The quantitative estimate of drug-likeness (QED) is 0.234. The van der Waals surface area contributed by atoms with E-state index in [0.29, 0.717) is 13.2 Å². The fourth-order valence-electron chi connectivity index (χ4n) is 3.88. The molecule has 10 heteroatoms. The fourth-order valence-corrected chi connectivity index (χ4v) is 3.88. The molecule has 3 heterocycles. The molecule has 0 spiro atoms. The molecule has 0 amide bonds. The van der Waals surface area contributed by atoms with Crippen molar-refractivity contribution in [2.24, 2.45) is 12.0 Å². The van der Waals surface area contributed by atoms with Crippen LogP contribution in [0.4, 0.5) is 0 Å². The molecular formula is C22H34IN7O2. The lowest BCUT2D eigenvalue weighted by atomic mass is 10.0. The maximum Gasteiger partial charge on any atom is 0.192 e. The van der Waals surface area contributed by atoms with Gasteiger partial charge in [0.1, 0.15) is 18.1 Å². The number of fused-ring (bicyclic) bond motifs is 1. The van der Waals surface area contributed by atoms with Gasteiger partial charge in [-0.3, -0.25) is 4.90 Å². The van der Waals surface area contributed by atoms with Crippen LogP contribution in [0, 0.1) is 6.92 Å². The highest BCUT2D eigenvalue weighted by Gasteiger charge is 2.22. The molecule has 1 unspecified atom stereocenters. The summed E-state index contributed by atoms with van der Waals surface area (Å²) in [6.45, 7) is 8.74. The van der Waals surface area contributed by atoms with E-state index in [1.165, 1.54) is 5.56 Å². The van der Waals surface area contributed by atoms with E-state index in [4.69, 9.17) is 14.5 Å². The fraction of sp³-hybridized carbons (Fsp3) is 0.591.